The number of likely N-dealkylation sites (N-methyl/N-ethyl adjacent to an activating group) is 1. The second-order valence-corrected chi connectivity index (χ2v) is 12.5. The van der Waals surface area contributed by atoms with E-state index >= 15 is 0 Å². The number of nitrogens with one attached hydrogen (secondary N) is 2. The quantitative estimate of drug-likeness (QED) is 0.0609. The summed E-state index contributed by atoms with van der Waals surface area (Å²) in [4.78, 5) is 29.8. The van der Waals surface area contributed by atoms with Crippen molar-refractivity contribution in [1.29, 1.82) is 0 Å². The lowest BCUT2D eigenvalue weighted by atomic mass is 9.90. The summed E-state index contributed by atoms with van der Waals surface area (Å²) < 4.78 is 4.30. The Balaban J connectivity index is 0.000000827. The Hall–Kier alpha value is -4.73. The Morgan fingerprint density at radius 1 is 0.980 bits per heavy atom. The van der Waals surface area contributed by atoms with Gasteiger partial charge in [0, 0.05) is 37.6 Å². The molecule has 0 bridgehead atoms. The minimum Gasteiger partial charge on any atom is -0.468 e. The van der Waals surface area contributed by atoms with Gasteiger partial charge in [0.05, 0.1) is 12.6 Å². The zero-order valence-corrected chi connectivity index (χ0v) is 28.8. The molecule has 1 aliphatic heterocycles. The van der Waals surface area contributed by atoms with Crippen molar-refractivity contribution in [2.75, 3.05) is 33.3 Å². The van der Waals surface area contributed by atoms with Crippen molar-refractivity contribution in [3.63, 3.8) is 0 Å². The van der Waals surface area contributed by atoms with Crippen LogP contribution in [0.25, 0.3) is 10.8 Å². The number of nitrogens with two attached hydrogens (primary N) is 2. The first-order valence-corrected chi connectivity index (χ1v) is 17.3. The molecule has 1 amide bonds. The number of hydrogen-bond donors (Lipinski definition) is 4. The minimum atomic E-state index is -0.318. The van der Waals surface area contributed by atoms with Gasteiger partial charge in [-0.3, -0.25) is 14.6 Å². The molecule has 1 heterocycles. The van der Waals surface area contributed by atoms with E-state index in [0.717, 1.165) is 25.7 Å². The van der Waals surface area contributed by atoms with Crippen LogP contribution in [0, 0.1) is 0 Å². The predicted octanol–water partition coefficient (Wildman–Crippen LogP) is 4.98. The summed E-state index contributed by atoms with van der Waals surface area (Å²) in [6.07, 6.45) is 4.00. The molecule has 0 aromatic heterocycles. The molecule has 9 heteroatoms. The van der Waals surface area contributed by atoms with E-state index < -0.39 is 0 Å². The number of ether oxygens (including phenoxy) is 1. The van der Waals surface area contributed by atoms with Gasteiger partial charge in [-0.25, -0.2) is 0 Å². The number of rotatable bonds is 15. The van der Waals surface area contributed by atoms with Gasteiger partial charge in [-0.1, -0.05) is 110 Å². The smallest absolute Gasteiger partial charge is 0.293 e. The van der Waals surface area contributed by atoms with Crippen LogP contribution in [0.3, 0.4) is 0 Å². The van der Waals surface area contributed by atoms with Gasteiger partial charge >= 0.3 is 0 Å². The number of benzene rings is 4. The van der Waals surface area contributed by atoms with E-state index in [2.05, 4.69) is 116 Å². The molecule has 3 atom stereocenters. The fourth-order valence-electron chi connectivity index (χ4n) is 6.47. The summed E-state index contributed by atoms with van der Waals surface area (Å²) in [7, 11) is 2.02. The standard InChI is InChI=1S/C36H44N6O.C4H8O2/c1-39-34(24-26-18-19-27-11-8-9-16-30(27)23-26)32-20-22-42(35(43)33(41-32)17-10-21-40-36(37)38)25-31(28-12-4-2-5-13-28)29-14-6-3-7-15-29;1-2-3-6-4-5/h2-9,11-16,18-19,23,31-34,39,41H,10,17,20-22,24-25H2,1H3,(H4,37,38,40);4H,2-3H2,1H3/t32-,33-,34-;/m0./s1. The van der Waals surface area contributed by atoms with Crippen molar-refractivity contribution in [3.05, 3.63) is 120 Å². The van der Waals surface area contributed by atoms with Gasteiger partial charge in [-0.2, -0.15) is 0 Å². The Morgan fingerprint density at radius 3 is 2.22 bits per heavy atom. The van der Waals surface area contributed by atoms with Crippen molar-refractivity contribution in [2.24, 2.45) is 16.5 Å². The van der Waals surface area contributed by atoms with Crippen LogP contribution < -0.4 is 22.1 Å². The van der Waals surface area contributed by atoms with Crippen molar-refractivity contribution in [1.82, 2.24) is 15.5 Å². The Labute approximate surface area is 291 Å². The predicted molar refractivity (Wildman–Crippen MR) is 199 cm³/mol. The lowest BCUT2D eigenvalue weighted by Crippen LogP contribution is -2.53. The molecule has 260 valence electrons. The summed E-state index contributed by atoms with van der Waals surface area (Å²) in [6, 6.07) is 36.1. The van der Waals surface area contributed by atoms with Gasteiger partial charge in [-0.05, 0) is 66.6 Å². The number of carbonyl (C=O) groups excluding carboxylic acids is 2. The maximum absolute atomic E-state index is 14.2. The third-order valence-electron chi connectivity index (χ3n) is 9.00. The van der Waals surface area contributed by atoms with Gasteiger partial charge < -0.3 is 31.7 Å². The molecule has 6 N–H and O–H groups in total. The van der Waals surface area contributed by atoms with E-state index in [0.29, 0.717) is 39.1 Å². The van der Waals surface area contributed by atoms with E-state index in [4.69, 9.17) is 11.5 Å². The molecule has 0 spiro atoms. The second kappa shape index (κ2) is 19.9. The molecule has 49 heavy (non-hydrogen) atoms. The summed E-state index contributed by atoms with van der Waals surface area (Å²) in [5, 5.41) is 9.84. The van der Waals surface area contributed by atoms with Crippen molar-refractivity contribution in [2.45, 2.75) is 63.1 Å². The number of nitrogens with zero attached hydrogens (tertiary/aromatic N) is 2. The number of guanidine groups is 1. The van der Waals surface area contributed by atoms with Crippen molar-refractivity contribution >= 4 is 29.1 Å². The first-order chi connectivity index (χ1) is 23.9. The van der Waals surface area contributed by atoms with Gasteiger partial charge in [0.25, 0.3) is 6.47 Å². The Kier molecular flexibility index (Phi) is 15.1. The van der Waals surface area contributed by atoms with E-state index in [1.807, 2.05) is 26.1 Å². The lowest BCUT2D eigenvalue weighted by Gasteiger charge is -2.30. The van der Waals surface area contributed by atoms with Crippen LogP contribution in [0.1, 0.15) is 55.2 Å². The molecule has 1 aliphatic rings. The lowest BCUT2D eigenvalue weighted by molar-refractivity contribution is -0.133. The Morgan fingerprint density at radius 2 is 1.63 bits per heavy atom. The minimum absolute atomic E-state index is 0.0823. The molecule has 1 fully saturated rings. The maximum atomic E-state index is 14.2. The van der Waals surface area contributed by atoms with Crippen molar-refractivity contribution in [3.8, 4) is 0 Å². The van der Waals surface area contributed by atoms with E-state index in [-0.39, 0.29) is 35.9 Å². The average molecular weight is 665 g/mol. The number of fused-ring (bicyclic) bond motifs is 1. The number of hydrogen-bond acceptors (Lipinski definition) is 6. The normalized spacial score (nSPS) is 16.7. The maximum Gasteiger partial charge on any atom is 0.293 e. The number of aliphatic imine (C=N–C) groups is 1. The molecule has 4 aromatic carbocycles. The molecule has 5 rings (SSSR count). The number of carbonyl (C=O) groups is 2. The highest BCUT2D eigenvalue weighted by atomic mass is 16.5. The summed E-state index contributed by atoms with van der Waals surface area (Å²) >= 11 is 0. The molecule has 9 nitrogen and oxygen atoms in total. The van der Waals surface area contributed by atoms with Crippen LogP contribution in [-0.2, 0) is 20.7 Å². The van der Waals surface area contributed by atoms with Crippen molar-refractivity contribution < 1.29 is 14.3 Å². The topological polar surface area (TPSA) is 135 Å². The third kappa shape index (κ3) is 11.4. The molecule has 0 aliphatic carbocycles. The molecule has 1 saturated heterocycles. The SMILES string of the molecule is CCCOC=O.CN[C@@H](Cc1ccc2ccccc2c1)[C@@H]1CCN(CC(c2ccccc2)c2ccccc2)C(=O)[C@H](CCCN=C(N)N)N1. The van der Waals surface area contributed by atoms with Crippen LogP contribution in [0.15, 0.2) is 108 Å². The van der Waals surface area contributed by atoms with E-state index in [1.54, 1.807) is 0 Å². The second-order valence-electron chi connectivity index (χ2n) is 12.5. The fourth-order valence-corrected chi connectivity index (χ4v) is 6.47. The first-order valence-electron chi connectivity index (χ1n) is 17.3. The first kappa shape index (κ1) is 37.1. The average Bonchev–Trinajstić information content (AvgIpc) is 3.29. The van der Waals surface area contributed by atoms with Gasteiger partial charge in [0.2, 0.25) is 5.91 Å². The number of amides is 1. The molecular formula is C40H52N6O3. The highest BCUT2D eigenvalue weighted by Gasteiger charge is 2.35. The van der Waals surface area contributed by atoms with Crippen LogP contribution in [0.2, 0.25) is 0 Å². The van der Waals surface area contributed by atoms with Gasteiger partial charge in [0.1, 0.15) is 0 Å². The fraction of sp³-hybridized carbons (Fsp3) is 0.375. The van der Waals surface area contributed by atoms with Crippen LogP contribution in [-0.4, -0.2) is 74.7 Å². The third-order valence-corrected chi connectivity index (χ3v) is 9.00. The van der Waals surface area contributed by atoms with E-state index in [1.165, 1.54) is 27.5 Å². The zero-order chi connectivity index (χ0) is 34.8. The monoisotopic (exact) mass is 664 g/mol. The zero-order valence-electron chi connectivity index (χ0n) is 28.8. The van der Waals surface area contributed by atoms with Gasteiger partial charge in [0.15, 0.2) is 5.96 Å². The van der Waals surface area contributed by atoms with Crippen LogP contribution in [0.4, 0.5) is 0 Å². The molecule has 4 aromatic rings. The molecule has 0 unspecified atom stereocenters. The molecule has 0 saturated carbocycles. The molecular weight excluding hydrogens is 612 g/mol. The summed E-state index contributed by atoms with van der Waals surface area (Å²) in [5.74, 6) is 0.311. The van der Waals surface area contributed by atoms with E-state index in [9.17, 15) is 9.59 Å². The highest BCUT2D eigenvalue weighted by molar-refractivity contribution is 5.83. The van der Waals surface area contributed by atoms with Crippen LogP contribution >= 0.6 is 0 Å². The Bertz CT molecular complexity index is 1560. The largest absolute Gasteiger partial charge is 0.468 e. The van der Waals surface area contributed by atoms with Crippen LogP contribution in [0.5, 0.6) is 0 Å². The molecule has 0 radical (unpaired) electrons. The summed E-state index contributed by atoms with van der Waals surface area (Å²) in [6.45, 7) is 4.77. The summed E-state index contributed by atoms with van der Waals surface area (Å²) in [5.41, 5.74) is 14.8. The van der Waals surface area contributed by atoms with Gasteiger partial charge in [-0.15, -0.1) is 0 Å². The highest BCUT2D eigenvalue weighted by Crippen LogP contribution is 2.28.